The molecule has 8 nitrogen and oxygen atoms in total. The molecule has 148 valence electrons. The molecule has 0 N–H and O–H groups in total. The lowest BCUT2D eigenvalue weighted by molar-refractivity contribution is -0.00260. The Kier molecular flexibility index (Phi) is 6.48. The van der Waals surface area contributed by atoms with Crippen LogP contribution in [-0.2, 0) is 26.0 Å². The first-order valence-corrected chi connectivity index (χ1v) is 10.3. The number of nitrogens with zero attached hydrogens (tertiary/aromatic N) is 3. The molecular formula is C18H25N3O5S. The monoisotopic (exact) mass is 395 g/mol. The summed E-state index contributed by atoms with van der Waals surface area (Å²) in [6, 6.07) is 6.45. The lowest BCUT2D eigenvalue weighted by atomic mass is 10.2. The number of benzene rings is 1. The van der Waals surface area contributed by atoms with Crippen molar-refractivity contribution in [2.45, 2.75) is 24.5 Å². The number of rotatable bonds is 8. The minimum absolute atomic E-state index is 0.242. The van der Waals surface area contributed by atoms with Crippen LogP contribution in [0.15, 0.2) is 41.6 Å². The summed E-state index contributed by atoms with van der Waals surface area (Å²) >= 11 is 0. The molecule has 0 amide bonds. The van der Waals surface area contributed by atoms with Gasteiger partial charge < -0.3 is 14.2 Å². The molecule has 1 aromatic heterocycles. The molecule has 1 fully saturated rings. The average molecular weight is 395 g/mol. The molecule has 0 radical (unpaired) electrons. The molecule has 2 heterocycles. The Morgan fingerprint density at radius 3 is 2.70 bits per heavy atom. The normalized spacial score (nSPS) is 18.5. The molecule has 1 atom stereocenters. The molecule has 1 aliphatic heterocycles. The van der Waals surface area contributed by atoms with Crippen molar-refractivity contribution in [3.63, 3.8) is 0 Å². The van der Waals surface area contributed by atoms with Gasteiger partial charge in [-0.2, -0.15) is 9.40 Å². The maximum atomic E-state index is 13.0. The molecule has 0 unspecified atom stereocenters. The van der Waals surface area contributed by atoms with E-state index in [1.165, 1.54) is 4.31 Å². The van der Waals surface area contributed by atoms with Crippen LogP contribution in [0.5, 0.6) is 5.75 Å². The van der Waals surface area contributed by atoms with Crippen LogP contribution in [0.4, 0.5) is 0 Å². The van der Waals surface area contributed by atoms with Crippen LogP contribution in [-0.4, -0.2) is 62.5 Å². The number of aryl methyl sites for hydroxylation is 1. The summed E-state index contributed by atoms with van der Waals surface area (Å²) < 4.78 is 45.4. The van der Waals surface area contributed by atoms with Crippen LogP contribution >= 0.6 is 0 Å². The fourth-order valence-corrected chi connectivity index (χ4v) is 4.29. The molecule has 1 aromatic carbocycles. The fraction of sp³-hybridized carbons (Fsp3) is 0.500. The van der Waals surface area contributed by atoms with Gasteiger partial charge in [0.2, 0.25) is 10.0 Å². The molecule has 1 saturated heterocycles. The van der Waals surface area contributed by atoms with Crippen LogP contribution in [0.25, 0.3) is 0 Å². The smallest absolute Gasteiger partial charge is 0.243 e. The molecule has 0 aliphatic carbocycles. The number of sulfonamides is 1. The number of morpholine rings is 1. The van der Waals surface area contributed by atoms with Crippen LogP contribution in [0, 0.1) is 0 Å². The molecule has 9 heteroatoms. The minimum atomic E-state index is -3.60. The molecule has 2 aromatic rings. The highest BCUT2D eigenvalue weighted by atomic mass is 32.2. The predicted octanol–water partition coefficient (Wildman–Crippen LogP) is 1.69. The summed E-state index contributed by atoms with van der Waals surface area (Å²) in [4.78, 5) is 0.242. The zero-order valence-corrected chi connectivity index (χ0v) is 16.4. The van der Waals surface area contributed by atoms with E-state index in [1.807, 2.05) is 13.1 Å². The fourth-order valence-electron chi connectivity index (χ4n) is 2.86. The third-order valence-electron chi connectivity index (χ3n) is 4.40. The van der Waals surface area contributed by atoms with Crippen molar-refractivity contribution >= 4 is 10.0 Å². The molecule has 27 heavy (non-hydrogen) atoms. The van der Waals surface area contributed by atoms with E-state index in [9.17, 15) is 8.42 Å². The van der Waals surface area contributed by atoms with Crippen molar-refractivity contribution in [3.05, 3.63) is 42.2 Å². The number of methoxy groups -OCH3 is 1. The van der Waals surface area contributed by atoms with E-state index in [1.54, 1.807) is 42.3 Å². The number of ether oxygens (including phenoxy) is 3. The summed E-state index contributed by atoms with van der Waals surface area (Å²) in [5.74, 6) is 0.609. The SMILES string of the molecule is CCn1cc([C@H]2CN(S(=O)(=O)c3ccc(OCCOC)cc3)CCO2)cn1. The van der Waals surface area contributed by atoms with Gasteiger partial charge in [-0.15, -0.1) is 0 Å². The average Bonchev–Trinajstić information content (AvgIpc) is 3.18. The van der Waals surface area contributed by atoms with Crippen molar-refractivity contribution in [1.29, 1.82) is 0 Å². The van der Waals surface area contributed by atoms with E-state index >= 15 is 0 Å². The van der Waals surface area contributed by atoms with Crippen molar-refractivity contribution in [1.82, 2.24) is 14.1 Å². The largest absolute Gasteiger partial charge is 0.491 e. The standard InChI is InChI=1S/C18H25N3O5S/c1-3-20-13-15(12-19-20)18-14-21(8-9-26-18)27(22,23)17-6-4-16(5-7-17)25-11-10-24-2/h4-7,12-13,18H,3,8-11,14H2,1-2H3/t18-/m1/s1. The Morgan fingerprint density at radius 2 is 2.04 bits per heavy atom. The molecule has 0 bridgehead atoms. The van der Waals surface area contributed by atoms with E-state index in [-0.39, 0.29) is 17.5 Å². The van der Waals surface area contributed by atoms with Crippen LogP contribution in [0.1, 0.15) is 18.6 Å². The van der Waals surface area contributed by atoms with E-state index in [0.717, 1.165) is 12.1 Å². The molecule has 3 rings (SSSR count). The minimum Gasteiger partial charge on any atom is -0.491 e. The van der Waals surface area contributed by atoms with E-state index in [0.29, 0.717) is 32.1 Å². The Labute approximate surface area is 159 Å². The molecular weight excluding hydrogens is 370 g/mol. The van der Waals surface area contributed by atoms with Gasteiger partial charge in [0, 0.05) is 38.5 Å². The summed E-state index contributed by atoms with van der Waals surface area (Å²) in [6.07, 6.45) is 3.31. The van der Waals surface area contributed by atoms with Gasteiger partial charge in [0.15, 0.2) is 0 Å². The van der Waals surface area contributed by atoms with E-state index in [4.69, 9.17) is 14.2 Å². The number of aromatic nitrogens is 2. The zero-order chi connectivity index (χ0) is 19.3. The van der Waals surface area contributed by atoms with Gasteiger partial charge in [0.25, 0.3) is 0 Å². The maximum absolute atomic E-state index is 13.0. The van der Waals surface area contributed by atoms with Crippen LogP contribution in [0.3, 0.4) is 0 Å². The highest BCUT2D eigenvalue weighted by molar-refractivity contribution is 7.89. The highest BCUT2D eigenvalue weighted by Crippen LogP contribution is 2.27. The third-order valence-corrected chi connectivity index (χ3v) is 6.28. The molecule has 0 spiro atoms. The third kappa shape index (κ3) is 4.67. The summed E-state index contributed by atoms with van der Waals surface area (Å²) in [6.45, 7) is 4.59. The highest BCUT2D eigenvalue weighted by Gasteiger charge is 2.32. The second kappa shape index (κ2) is 8.83. The van der Waals surface area contributed by atoms with Crippen LogP contribution < -0.4 is 4.74 Å². The summed E-state index contributed by atoms with van der Waals surface area (Å²) in [5, 5.41) is 4.24. The zero-order valence-electron chi connectivity index (χ0n) is 15.6. The van der Waals surface area contributed by atoms with Gasteiger partial charge in [-0.1, -0.05) is 0 Å². The van der Waals surface area contributed by atoms with Gasteiger partial charge in [0.05, 0.1) is 30.4 Å². The number of hydrogen-bond acceptors (Lipinski definition) is 6. The Balaban J connectivity index is 1.70. The van der Waals surface area contributed by atoms with Gasteiger partial charge in [-0.3, -0.25) is 4.68 Å². The first kappa shape index (κ1) is 19.8. The second-order valence-electron chi connectivity index (χ2n) is 6.16. The summed E-state index contributed by atoms with van der Waals surface area (Å²) in [5.41, 5.74) is 0.888. The van der Waals surface area contributed by atoms with E-state index in [2.05, 4.69) is 5.10 Å². The van der Waals surface area contributed by atoms with Gasteiger partial charge >= 0.3 is 0 Å². The Morgan fingerprint density at radius 1 is 1.26 bits per heavy atom. The Hall–Kier alpha value is -1.94. The topological polar surface area (TPSA) is 82.9 Å². The van der Waals surface area contributed by atoms with Crippen LogP contribution in [0.2, 0.25) is 0 Å². The maximum Gasteiger partial charge on any atom is 0.243 e. The summed E-state index contributed by atoms with van der Waals surface area (Å²) in [7, 11) is -2.00. The lowest BCUT2D eigenvalue weighted by Gasteiger charge is -2.31. The van der Waals surface area contributed by atoms with Crippen molar-refractivity contribution in [3.8, 4) is 5.75 Å². The number of hydrogen-bond donors (Lipinski definition) is 0. The first-order chi connectivity index (χ1) is 13.0. The van der Waals surface area contributed by atoms with Crippen molar-refractivity contribution in [2.24, 2.45) is 0 Å². The molecule has 1 aliphatic rings. The first-order valence-electron chi connectivity index (χ1n) is 8.90. The van der Waals surface area contributed by atoms with Crippen molar-refractivity contribution < 1.29 is 22.6 Å². The molecule has 0 saturated carbocycles. The van der Waals surface area contributed by atoms with Gasteiger partial charge in [-0.05, 0) is 31.2 Å². The second-order valence-corrected chi connectivity index (χ2v) is 8.10. The van der Waals surface area contributed by atoms with E-state index < -0.39 is 10.0 Å². The lowest BCUT2D eigenvalue weighted by Crippen LogP contribution is -2.42. The predicted molar refractivity (Wildman–Crippen MR) is 99.2 cm³/mol. The Bertz CT molecular complexity index is 835. The van der Waals surface area contributed by atoms with Gasteiger partial charge in [0.1, 0.15) is 12.4 Å². The van der Waals surface area contributed by atoms with Crippen molar-refractivity contribution in [2.75, 3.05) is 40.0 Å². The van der Waals surface area contributed by atoms with Gasteiger partial charge in [-0.25, -0.2) is 8.42 Å². The quantitative estimate of drug-likeness (QED) is 0.633.